The van der Waals surface area contributed by atoms with Crippen molar-refractivity contribution in [2.45, 2.75) is 38.7 Å². The second-order valence-electron chi connectivity index (χ2n) is 5.26. The number of hydrogen-bond donors (Lipinski definition) is 1. The monoisotopic (exact) mass is 315 g/mol. The summed E-state index contributed by atoms with van der Waals surface area (Å²) in [5, 5.41) is 3.50. The Morgan fingerprint density at radius 1 is 1.35 bits per heavy atom. The molecule has 5 heteroatoms. The van der Waals surface area contributed by atoms with Gasteiger partial charge in [-0.3, -0.25) is 4.79 Å². The van der Waals surface area contributed by atoms with Crippen LogP contribution in [0.5, 0.6) is 0 Å². The van der Waals surface area contributed by atoms with Crippen molar-refractivity contribution in [1.82, 2.24) is 0 Å². The van der Waals surface area contributed by atoms with Crippen molar-refractivity contribution in [2.24, 2.45) is 5.92 Å². The molecule has 0 unspecified atom stereocenters. The number of carbonyl (C=O) groups excluding carboxylic acids is 1. The van der Waals surface area contributed by atoms with Gasteiger partial charge in [-0.25, -0.2) is 0 Å². The van der Waals surface area contributed by atoms with Crippen molar-refractivity contribution in [2.75, 3.05) is 11.9 Å². The zero-order valence-corrected chi connectivity index (χ0v) is 13.0. The van der Waals surface area contributed by atoms with Crippen LogP contribution < -0.4 is 5.32 Å². The molecule has 1 aliphatic rings. The molecule has 1 N–H and O–H groups in total. The SMILES string of the molecule is C[C@H]1CCCC[C@@H]1OCC(=O)Nc1cccc(Cl)c1Cl. The predicted octanol–water partition coefficient (Wildman–Crippen LogP) is 4.53. The zero-order valence-electron chi connectivity index (χ0n) is 11.5. The molecule has 1 saturated carbocycles. The summed E-state index contributed by atoms with van der Waals surface area (Å²) in [7, 11) is 0. The summed E-state index contributed by atoms with van der Waals surface area (Å²) in [5.74, 6) is 0.318. The van der Waals surface area contributed by atoms with Crippen LogP contribution in [0.3, 0.4) is 0 Å². The Kier molecular flexibility index (Phi) is 5.70. The quantitative estimate of drug-likeness (QED) is 0.886. The first-order valence-corrected chi connectivity index (χ1v) is 7.69. The van der Waals surface area contributed by atoms with Crippen LogP contribution in [-0.2, 0) is 9.53 Å². The van der Waals surface area contributed by atoms with Gasteiger partial charge in [0.25, 0.3) is 0 Å². The van der Waals surface area contributed by atoms with Gasteiger partial charge in [0, 0.05) is 0 Å². The van der Waals surface area contributed by atoms with E-state index in [1.165, 1.54) is 19.3 Å². The van der Waals surface area contributed by atoms with Gasteiger partial charge in [-0.2, -0.15) is 0 Å². The van der Waals surface area contributed by atoms with Gasteiger partial charge in [0.05, 0.1) is 21.8 Å². The maximum absolute atomic E-state index is 11.9. The minimum Gasteiger partial charge on any atom is -0.368 e. The van der Waals surface area contributed by atoms with Crippen molar-refractivity contribution in [3.05, 3.63) is 28.2 Å². The first kappa shape index (κ1) is 15.6. The van der Waals surface area contributed by atoms with Crippen LogP contribution in [0.2, 0.25) is 10.0 Å². The van der Waals surface area contributed by atoms with E-state index in [1.807, 2.05) is 0 Å². The average Bonchev–Trinajstić information content (AvgIpc) is 2.43. The predicted molar refractivity (Wildman–Crippen MR) is 82.5 cm³/mol. The Balaban J connectivity index is 1.85. The number of hydrogen-bond acceptors (Lipinski definition) is 2. The summed E-state index contributed by atoms with van der Waals surface area (Å²) < 4.78 is 5.71. The lowest BCUT2D eigenvalue weighted by Gasteiger charge is -2.28. The molecule has 1 aromatic rings. The number of rotatable bonds is 4. The maximum atomic E-state index is 11.9. The van der Waals surface area contributed by atoms with Crippen LogP contribution in [0.15, 0.2) is 18.2 Å². The van der Waals surface area contributed by atoms with E-state index in [-0.39, 0.29) is 18.6 Å². The van der Waals surface area contributed by atoms with E-state index in [0.29, 0.717) is 21.7 Å². The molecule has 0 aromatic heterocycles. The van der Waals surface area contributed by atoms with Crippen LogP contribution in [0, 0.1) is 5.92 Å². The van der Waals surface area contributed by atoms with Gasteiger partial charge in [0.15, 0.2) is 0 Å². The molecule has 20 heavy (non-hydrogen) atoms. The van der Waals surface area contributed by atoms with Gasteiger partial charge in [-0.1, -0.05) is 49.0 Å². The second-order valence-corrected chi connectivity index (χ2v) is 6.05. The minimum atomic E-state index is -0.202. The molecule has 0 saturated heterocycles. The molecule has 110 valence electrons. The maximum Gasteiger partial charge on any atom is 0.250 e. The summed E-state index contributed by atoms with van der Waals surface area (Å²) in [5.41, 5.74) is 0.518. The molecule has 0 spiro atoms. The molecular formula is C15H19Cl2NO2. The van der Waals surface area contributed by atoms with Gasteiger partial charge >= 0.3 is 0 Å². The molecule has 1 aromatic carbocycles. The van der Waals surface area contributed by atoms with Gasteiger partial charge in [-0.15, -0.1) is 0 Å². The third-order valence-electron chi connectivity index (χ3n) is 3.69. The summed E-state index contributed by atoms with van der Waals surface area (Å²) in [6.07, 6.45) is 4.82. The highest BCUT2D eigenvalue weighted by molar-refractivity contribution is 6.43. The van der Waals surface area contributed by atoms with Gasteiger partial charge in [-0.05, 0) is 30.9 Å². The lowest BCUT2D eigenvalue weighted by molar-refractivity contribution is -0.124. The average molecular weight is 316 g/mol. The van der Waals surface area contributed by atoms with Crippen molar-refractivity contribution >= 4 is 34.8 Å². The van der Waals surface area contributed by atoms with Crippen molar-refractivity contribution in [3.8, 4) is 0 Å². The highest BCUT2D eigenvalue weighted by Crippen LogP contribution is 2.30. The smallest absolute Gasteiger partial charge is 0.250 e. The summed E-state index contributed by atoms with van der Waals surface area (Å²) >= 11 is 11.9. The third-order valence-corrected chi connectivity index (χ3v) is 4.51. The van der Waals surface area contributed by atoms with E-state index >= 15 is 0 Å². The fourth-order valence-electron chi connectivity index (χ4n) is 2.50. The number of benzene rings is 1. The van der Waals surface area contributed by atoms with Crippen LogP contribution in [0.25, 0.3) is 0 Å². The van der Waals surface area contributed by atoms with E-state index in [0.717, 1.165) is 6.42 Å². The molecule has 0 aliphatic heterocycles. The van der Waals surface area contributed by atoms with Crippen LogP contribution in [-0.4, -0.2) is 18.6 Å². The molecule has 3 nitrogen and oxygen atoms in total. The van der Waals surface area contributed by atoms with E-state index in [1.54, 1.807) is 18.2 Å². The molecule has 1 amide bonds. The Hall–Kier alpha value is -0.770. The summed E-state index contributed by atoms with van der Waals surface area (Å²) in [6.45, 7) is 2.23. The minimum absolute atomic E-state index is 0.0534. The molecule has 2 rings (SSSR count). The van der Waals surface area contributed by atoms with Crippen LogP contribution in [0.1, 0.15) is 32.6 Å². The number of anilines is 1. The van der Waals surface area contributed by atoms with Crippen molar-refractivity contribution in [3.63, 3.8) is 0 Å². The first-order valence-electron chi connectivity index (χ1n) is 6.93. The molecule has 1 aliphatic carbocycles. The number of amides is 1. The highest BCUT2D eigenvalue weighted by atomic mass is 35.5. The molecule has 1 fully saturated rings. The normalized spacial score (nSPS) is 22.6. The Morgan fingerprint density at radius 2 is 2.10 bits per heavy atom. The van der Waals surface area contributed by atoms with Gasteiger partial charge in [0.1, 0.15) is 6.61 Å². The number of carbonyl (C=O) groups is 1. The third kappa shape index (κ3) is 4.11. The first-order chi connectivity index (χ1) is 9.58. The van der Waals surface area contributed by atoms with E-state index < -0.39 is 0 Å². The molecular weight excluding hydrogens is 297 g/mol. The van der Waals surface area contributed by atoms with E-state index in [9.17, 15) is 4.79 Å². The largest absolute Gasteiger partial charge is 0.368 e. The Labute approximate surface area is 129 Å². The fourth-order valence-corrected chi connectivity index (χ4v) is 2.85. The Bertz CT molecular complexity index is 479. The number of nitrogens with one attached hydrogen (secondary N) is 1. The molecule has 2 atom stereocenters. The van der Waals surface area contributed by atoms with Gasteiger partial charge < -0.3 is 10.1 Å². The molecule has 0 heterocycles. The van der Waals surface area contributed by atoms with Crippen LogP contribution in [0.4, 0.5) is 5.69 Å². The zero-order chi connectivity index (χ0) is 14.5. The lowest BCUT2D eigenvalue weighted by atomic mass is 9.88. The van der Waals surface area contributed by atoms with Crippen molar-refractivity contribution < 1.29 is 9.53 Å². The second kappa shape index (κ2) is 7.30. The fraction of sp³-hybridized carbons (Fsp3) is 0.533. The summed E-state index contributed by atoms with van der Waals surface area (Å²) in [6, 6.07) is 5.14. The van der Waals surface area contributed by atoms with Crippen molar-refractivity contribution in [1.29, 1.82) is 0 Å². The van der Waals surface area contributed by atoms with E-state index in [2.05, 4.69) is 12.2 Å². The molecule has 0 bridgehead atoms. The number of halogens is 2. The summed E-state index contributed by atoms with van der Waals surface area (Å²) in [4.78, 5) is 11.9. The topological polar surface area (TPSA) is 38.3 Å². The Morgan fingerprint density at radius 3 is 2.85 bits per heavy atom. The van der Waals surface area contributed by atoms with Crippen LogP contribution >= 0.6 is 23.2 Å². The number of ether oxygens (including phenoxy) is 1. The van der Waals surface area contributed by atoms with Gasteiger partial charge in [0.2, 0.25) is 5.91 Å². The lowest BCUT2D eigenvalue weighted by Crippen LogP contribution is -2.29. The standard InChI is InChI=1S/C15H19Cl2NO2/c1-10-5-2-3-8-13(10)20-9-14(19)18-12-7-4-6-11(16)15(12)17/h4,6-7,10,13H,2-3,5,8-9H2,1H3,(H,18,19)/t10-,13-/m0/s1. The van der Waals surface area contributed by atoms with E-state index in [4.69, 9.17) is 27.9 Å². The molecule has 0 radical (unpaired) electrons. The highest BCUT2D eigenvalue weighted by Gasteiger charge is 2.22.